The van der Waals surface area contributed by atoms with Crippen molar-refractivity contribution in [3.63, 3.8) is 0 Å². The first-order chi connectivity index (χ1) is 14.2. The molecule has 3 rings (SSSR count). The summed E-state index contributed by atoms with van der Waals surface area (Å²) in [6, 6.07) is 7.61. The van der Waals surface area contributed by atoms with Crippen molar-refractivity contribution >= 4 is 39.1 Å². The van der Waals surface area contributed by atoms with Gasteiger partial charge in [-0.15, -0.1) is 11.3 Å². The van der Waals surface area contributed by atoms with E-state index in [0.29, 0.717) is 32.3 Å². The van der Waals surface area contributed by atoms with Gasteiger partial charge in [0.2, 0.25) is 5.91 Å². The summed E-state index contributed by atoms with van der Waals surface area (Å²) >= 11 is 1.12. The number of hydrogen-bond acceptors (Lipinski definition) is 6. The van der Waals surface area contributed by atoms with Crippen LogP contribution in [-0.2, 0) is 16.1 Å². The van der Waals surface area contributed by atoms with Crippen LogP contribution in [-0.4, -0.2) is 27.5 Å². The molecule has 0 bridgehead atoms. The molecule has 1 N–H and O–H groups in total. The second kappa shape index (κ2) is 8.79. The Morgan fingerprint density at radius 3 is 2.43 bits per heavy atom. The number of benzene rings is 1. The lowest BCUT2D eigenvalue weighted by molar-refractivity contribution is -0.116. The summed E-state index contributed by atoms with van der Waals surface area (Å²) in [5.41, 5.74) is 2.01. The molecule has 1 amide bonds. The molecule has 0 atom stereocenters. The molecule has 0 fully saturated rings. The monoisotopic (exact) mass is 427 g/mol. The van der Waals surface area contributed by atoms with Crippen LogP contribution in [0.15, 0.2) is 35.4 Å². The maximum absolute atomic E-state index is 12.9. The summed E-state index contributed by atoms with van der Waals surface area (Å²) < 4.78 is 6.49. The summed E-state index contributed by atoms with van der Waals surface area (Å²) in [7, 11) is 0. The van der Waals surface area contributed by atoms with Crippen LogP contribution in [0, 0.1) is 6.92 Å². The van der Waals surface area contributed by atoms with Gasteiger partial charge in [-0.25, -0.2) is 9.78 Å². The number of carbonyl (C=O) groups is 2. The van der Waals surface area contributed by atoms with Crippen LogP contribution < -0.4 is 10.9 Å². The molecule has 158 valence electrons. The summed E-state index contributed by atoms with van der Waals surface area (Å²) in [5, 5.41) is 3.13. The Kier molecular flexibility index (Phi) is 6.36. The lowest BCUT2D eigenvalue weighted by atomic mass is 10.0. The molecule has 2 heterocycles. The van der Waals surface area contributed by atoms with E-state index in [9.17, 15) is 14.4 Å². The van der Waals surface area contributed by atoms with Gasteiger partial charge in [-0.05, 0) is 49.9 Å². The molecule has 2 aromatic heterocycles. The molecule has 0 unspecified atom stereocenters. The Labute approximate surface area is 178 Å². The fourth-order valence-electron chi connectivity index (χ4n) is 3.04. The van der Waals surface area contributed by atoms with Gasteiger partial charge in [0.15, 0.2) is 0 Å². The van der Waals surface area contributed by atoms with Crippen LogP contribution in [0.5, 0.6) is 0 Å². The molecular formula is C22H25N3O4S. The third-order valence-electron chi connectivity index (χ3n) is 4.62. The molecular weight excluding hydrogens is 402 g/mol. The van der Waals surface area contributed by atoms with E-state index in [0.717, 1.165) is 11.3 Å². The molecule has 1 aromatic carbocycles. The molecule has 8 heteroatoms. The topological polar surface area (TPSA) is 90.3 Å². The second-order valence-corrected chi connectivity index (χ2v) is 8.69. The SMILES string of the molecule is Cc1c(C(=O)OC(C)C)sc2ncn(CC(=O)Nc3ccc(C(C)C)cc3)c(=O)c12. The number of aromatic nitrogens is 2. The van der Waals surface area contributed by atoms with Crippen LogP contribution in [0.1, 0.15) is 54.4 Å². The smallest absolute Gasteiger partial charge is 0.348 e. The van der Waals surface area contributed by atoms with E-state index < -0.39 is 5.97 Å². The van der Waals surface area contributed by atoms with E-state index in [2.05, 4.69) is 24.1 Å². The van der Waals surface area contributed by atoms with Crippen molar-refractivity contribution in [1.82, 2.24) is 9.55 Å². The van der Waals surface area contributed by atoms with Crippen LogP contribution in [0.2, 0.25) is 0 Å². The number of fused-ring (bicyclic) bond motifs is 1. The van der Waals surface area contributed by atoms with Crippen molar-refractivity contribution in [3.8, 4) is 0 Å². The van der Waals surface area contributed by atoms with E-state index in [-0.39, 0.29) is 24.1 Å². The van der Waals surface area contributed by atoms with Crippen LogP contribution in [0.4, 0.5) is 5.69 Å². The third-order valence-corrected chi connectivity index (χ3v) is 5.80. The number of thiophene rings is 1. The van der Waals surface area contributed by atoms with Gasteiger partial charge in [-0.2, -0.15) is 0 Å². The number of aryl methyl sites for hydroxylation is 1. The highest BCUT2D eigenvalue weighted by Crippen LogP contribution is 2.27. The zero-order chi connectivity index (χ0) is 22.0. The molecule has 0 spiro atoms. The fourth-order valence-corrected chi connectivity index (χ4v) is 4.06. The first-order valence-corrected chi connectivity index (χ1v) is 10.6. The van der Waals surface area contributed by atoms with Crippen molar-refractivity contribution in [2.45, 2.75) is 53.2 Å². The average molecular weight is 428 g/mol. The third kappa shape index (κ3) is 4.59. The molecule has 0 radical (unpaired) electrons. The Hall–Kier alpha value is -3.00. The molecule has 0 saturated heterocycles. The summed E-state index contributed by atoms with van der Waals surface area (Å²) in [5.74, 6) is -0.399. The summed E-state index contributed by atoms with van der Waals surface area (Å²) in [4.78, 5) is 42.7. The number of nitrogens with one attached hydrogen (secondary N) is 1. The number of ether oxygens (including phenoxy) is 1. The van der Waals surface area contributed by atoms with Gasteiger partial charge in [0.25, 0.3) is 5.56 Å². The number of anilines is 1. The van der Waals surface area contributed by atoms with Gasteiger partial charge in [0, 0.05) is 5.69 Å². The number of nitrogens with zero attached hydrogens (tertiary/aromatic N) is 2. The number of carbonyl (C=O) groups excluding carboxylic acids is 2. The van der Waals surface area contributed by atoms with E-state index in [1.807, 2.05) is 24.3 Å². The molecule has 0 aliphatic rings. The average Bonchev–Trinajstić information content (AvgIpc) is 3.01. The molecule has 30 heavy (non-hydrogen) atoms. The van der Waals surface area contributed by atoms with Crippen LogP contribution >= 0.6 is 11.3 Å². The van der Waals surface area contributed by atoms with E-state index in [1.54, 1.807) is 20.8 Å². The quantitative estimate of drug-likeness (QED) is 0.598. The number of rotatable bonds is 6. The van der Waals surface area contributed by atoms with E-state index in [1.165, 1.54) is 16.5 Å². The highest BCUT2D eigenvalue weighted by atomic mass is 32.1. The van der Waals surface area contributed by atoms with Crippen LogP contribution in [0.3, 0.4) is 0 Å². The second-order valence-electron chi connectivity index (χ2n) is 7.69. The normalized spacial score (nSPS) is 11.3. The van der Waals surface area contributed by atoms with Gasteiger partial charge < -0.3 is 10.1 Å². The zero-order valence-electron chi connectivity index (χ0n) is 17.7. The minimum atomic E-state index is -0.473. The summed E-state index contributed by atoms with van der Waals surface area (Å²) in [6.07, 6.45) is 1.07. The fraction of sp³-hybridized carbons (Fsp3) is 0.364. The molecule has 0 aliphatic heterocycles. The maximum Gasteiger partial charge on any atom is 0.348 e. The van der Waals surface area contributed by atoms with Gasteiger partial charge in [-0.1, -0.05) is 26.0 Å². The predicted octanol–water partition coefficient (Wildman–Crippen LogP) is 4.09. The van der Waals surface area contributed by atoms with Crippen molar-refractivity contribution in [2.24, 2.45) is 0 Å². The first kappa shape index (κ1) is 21.7. The number of esters is 1. The largest absolute Gasteiger partial charge is 0.459 e. The van der Waals surface area contributed by atoms with Crippen molar-refractivity contribution < 1.29 is 14.3 Å². The van der Waals surface area contributed by atoms with Crippen LogP contribution in [0.25, 0.3) is 10.2 Å². The number of hydrogen-bond donors (Lipinski definition) is 1. The minimum absolute atomic E-state index is 0.172. The molecule has 0 saturated carbocycles. The first-order valence-electron chi connectivity index (χ1n) is 9.76. The van der Waals surface area contributed by atoms with Gasteiger partial charge in [0.05, 0.1) is 17.8 Å². The van der Waals surface area contributed by atoms with Gasteiger partial charge >= 0.3 is 5.97 Å². The maximum atomic E-state index is 12.9. The van der Waals surface area contributed by atoms with Crippen molar-refractivity contribution in [2.75, 3.05) is 5.32 Å². The van der Waals surface area contributed by atoms with Crippen molar-refractivity contribution in [3.05, 3.63) is 57.0 Å². The predicted molar refractivity (Wildman–Crippen MR) is 118 cm³/mol. The Balaban J connectivity index is 1.81. The van der Waals surface area contributed by atoms with Gasteiger partial charge in [0.1, 0.15) is 16.3 Å². The highest BCUT2D eigenvalue weighted by molar-refractivity contribution is 7.20. The van der Waals surface area contributed by atoms with E-state index >= 15 is 0 Å². The molecule has 7 nitrogen and oxygen atoms in total. The van der Waals surface area contributed by atoms with E-state index in [4.69, 9.17) is 4.74 Å². The zero-order valence-corrected chi connectivity index (χ0v) is 18.5. The Morgan fingerprint density at radius 2 is 1.83 bits per heavy atom. The lowest BCUT2D eigenvalue weighted by Gasteiger charge is -2.09. The summed E-state index contributed by atoms with van der Waals surface area (Å²) in [6.45, 7) is 9.25. The van der Waals surface area contributed by atoms with Gasteiger partial charge in [-0.3, -0.25) is 14.2 Å². The minimum Gasteiger partial charge on any atom is -0.459 e. The van der Waals surface area contributed by atoms with Crippen molar-refractivity contribution in [1.29, 1.82) is 0 Å². The molecule has 0 aliphatic carbocycles. The number of amides is 1. The Morgan fingerprint density at radius 1 is 1.17 bits per heavy atom. The highest BCUT2D eigenvalue weighted by Gasteiger charge is 2.21. The molecule has 3 aromatic rings. The lowest BCUT2D eigenvalue weighted by Crippen LogP contribution is -2.27. The Bertz CT molecular complexity index is 1140. The standard InChI is InChI=1S/C22H25N3O4S/c1-12(2)15-6-8-16(9-7-15)24-17(26)10-25-11-23-20-18(21(25)27)14(5)19(30-20)22(28)29-13(3)4/h6-9,11-13H,10H2,1-5H3,(H,24,26).